The van der Waals surface area contributed by atoms with Gasteiger partial charge in [0.15, 0.2) is 6.04 Å². The molecule has 6 heteroatoms. The monoisotopic (exact) mass is 213 g/mol. The first-order valence-electron chi connectivity index (χ1n) is 4.51. The highest BCUT2D eigenvalue weighted by molar-refractivity contribution is 5.73. The summed E-state index contributed by atoms with van der Waals surface area (Å²) in [5.74, 6) is -2.71. The van der Waals surface area contributed by atoms with Crippen molar-refractivity contribution in [2.75, 3.05) is 0 Å². The van der Waals surface area contributed by atoms with Crippen molar-refractivity contribution in [3.8, 4) is 0 Å². The molecule has 0 aliphatic rings. The fraction of sp³-hybridized carbons (Fsp3) is 0.444. The number of H-pyrrole nitrogens is 1. The SMILES string of the molecule is CC(CC(C(=O)O)[n+]1cc[nH]c1)C(=O)O. The van der Waals surface area contributed by atoms with E-state index in [2.05, 4.69) is 4.98 Å². The van der Waals surface area contributed by atoms with E-state index in [1.54, 1.807) is 12.4 Å². The third-order valence-corrected chi connectivity index (χ3v) is 2.21. The molecule has 82 valence electrons. The van der Waals surface area contributed by atoms with E-state index in [9.17, 15) is 9.59 Å². The van der Waals surface area contributed by atoms with E-state index in [0.29, 0.717) is 0 Å². The molecule has 1 heterocycles. The number of aromatic amines is 1. The van der Waals surface area contributed by atoms with Crippen LogP contribution in [0.15, 0.2) is 18.7 Å². The maximum absolute atomic E-state index is 10.9. The van der Waals surface area contributed by atoms with Crippen molar-refractivity contribution in [2.45, 2.75) is 19.4 Å². The normalized spacial score (nSPS) is 14.5. The zero-order valence-electron chi connectivity index (χ0n) is 8.25. The van der Waals surface area contributed by atoms with Crippen molar-refractivity contribution in [1.82, 2.24) is 4.98 Å². The van der Waals surface area contributed by atoms with Crippen LogP contribution < -0.4 is 4.57 Å². The molecule has 2 unspecified atom stereocenters. The lowest BCUT2D eigenvalue weighted by molar-refractivity contribution is -0.710. The number of aliphatic carboxylic acids is 2. The maximum Gasteiger partial charge on any atom is 0.349 e. The van der Waals surface area contributed by atoms with Gasteiger partial charge in [0.2, 0.25) is 6.33 Å². The fourth-order valence-electron chi connectivity index (χ4n) is 1.28. The molecule has 6 nitrogen and oxygen atoms in total. The van der Waals surface area contributed by atoms with Crippen molar-refractivity contribution < 1.29 is 24.4 Å². The van der Waals surface area contributed by atoms with E-state index in [0.717, 1.165) is 0 Å². The Bertz CT molecular complexity index is 347. The first kappa shape index (κ1) is 11.2. The number of aromatic nitrogens is 2. The number of imidazole rings is 1. The molecule has 3 N–H and O–H groups in total. The van der Waals surface area contributed by atoms with Crippen LogP contribution in [-0.2, 0) is 9.59 Å². The predicted molar refractivity (Wildman–Crippen MR) is 49.1 cm³/mol. The van der Waals surface area contributed by atoms with Crippen LogP contribution in [-0.4, -0.2) is 27.1 Å². The van der Waals surface area contributed by atoms with Crippen LogP contribution in [0.4, 0.5) is 0 Å². The predicted octanol–water partition coefficient (Wildman–Crippen LogP) is 0.0387. The van der Waals surface area contributed by atoms with Crippen LogP contribution in [0, 0.1) is 5.92 Å². The second-order valence-corrected chi connectivity index (χ2v) is 3.39. The lowest BCUT2D eigenvalue weighted by atomic mass is 10.0. The average Bonchev–Trinajstić information content (AvgIpc) is 2.65. The minimum Gasteiger partial charge on any atom is -0.481 e. The summed E-state index contributed by atoms with van der Waals surface area (Å²) in [6.07, 6.45) is 4.70. The summed E-state index contributed by atoms with van der Waals surface area (Å²) in [7, 11) is 0. The van der Waals surface area contributed by atoms with Gasteiger partial charge in [-0.2, -0.15) is 0 Å². The van der Waals surface area contributed by atoms with E-state index in [4.69, 9.17) is 10.2 Å². The van der Waals surface area contributed by atoms with Crippen LogP contribution in [0.25, 0.3) is 0 Å². The summed E-state index contributed by atoms with van der Waals surface area (Å²) in [5, 5.41) is 17.6. The van der Waals surface area contributed by atoms with Gasteiger partial charge in [-0.3, -0.25) is 9.78 Å². The maximum atomic E-state index is 10.9. The Morgan fingerprint density at radius 1 is 1.40 bits per heavy atom. The van der Waals surface area contributed by atoms with Crippen LogP contribution >= 0.6 is 0 Å². The fourth-order valence-corrected chi connectivity index (χ4v) is 1.28. The molecule has 0 fully saturated rings. The third-order valence-electron chi connectivity index (χ3n) is 2.21. The van der Waals surface area contributed by atoms with Crippen LogP contribution in [0.3, 0.4) is 0 Å². The minimum atomic E-state index is -1.03. The molecule has 0 radical (unpaired) electrons. The average molecular weight is 213 g/mol. The van der Waals surface area contributed by atoms with E-state index in [-0.39, 0.29) is 6.42 Å². The standard InChI is InChI=1S/C9H12N2O4/c1-6(8(12)13)4-7(9(14)15)11-3-2-10-5-11/h2-3,5-7H,4H2,1H3,(H2,12,13,14,15)/p+1. The Balaban J connectivity index is 2.77. The van der Waals surface area contributed by atoms with Gasteiger partial charge in [-0.25, -0.2) is 9.36 Å². The minimum absolute atomic E-state index is 0.0627. The van der Waals surface area contributed by atoms with Gasteiger partial charge in [0, 0.05) is 6.42 Å². The topological polar surface area (TPSA) is 94.3 Å². The molecule has 2 atom stereocenters. The Morgan fingerprint density at radius 3 is 2.47 bits per heavy atom. The van der Waals surface area contributed by atoms with E-state index in [1.807, 2.05) is 0 Å². The van der Waals surface area contributed by atoms with E-state index < -0.39 is 23.9 Å². The third kappa shape index (κ3) is 2.80. The van der Waals surface area contributed by atoms with Crippen LogP contribution in [0.1, 0.15) is 19.4 Å². The van der Waals surface area contributed by atoms with Gasteiger partial charge >= 0.3 is 11.9 Å². The molecule has 0 aliphatic carbocycles. The van der Waals surface area contributed by atoms with Gasteiger partial charge < -0.3 is 10.2 Å². The molecule has 1 aromatic rings. The van der Waals surface area contributed by atoms with Gasteiger partial charge in [-0.1, -0.05) is 6.92 Å². The molecule has 15 heavy (non-hydrogen) atoms. The highest BCUT2D eigenvalue weighted by Gasteiger charge is 2.28. The molecule has 0 saturated heterocycles. The highest BCUT2D eigenvalue weighted by Crippen LogP contribution is 2.12. The molecular formula is C9H13N2O4+. The quantitative estimate of drug-likeness (QED) is 0.602. The second kappa shape index (κ2) is 4.59. The van der Waals surface area contributed by atoms with E-state index >= 15 is 0 Å². The number of carbonyl (C=O) groups is 2. The van der Waals surface area contributed by atoms with Crippen molar-refractivity contribution in [3.63, 3.8) is 0 Å². The van der Waals surface area contributed by atoms with E-state index in [1.165, 1.54) is 17.8 Å². The lowest BCUT2D eigenvalue weighted by Gasteiger charge is -2.11. The molecule has 0 bridgehead atoms. The van der Waals surface area contributed by atoms with Crippen LogP contribution in [0.5, 0.6) is 0 Å². The molecule has 0 amide bonds. The Morgan fingerprint density at radius 2 is 2.07 bits per heavy atom. The second-order valence-electron chi connectivity index (χ2n) is 3.39. The number of hydrogen-bond acceptors (Lipinski definition) is 2. The molecule has 1 rings (SSSR count). The largest absolute Gasteiger partial charge is 0.481 e. The van der Waals surface area contributed by atoms with Gasteiger partial charge in [0.25, 0.3) is 0 Å². The van der Waals surface area contributed by atoms with Crippen molar-refractivity contribution >= 4 is 11.9 Å². The number of nitrogens with one attached hydrogen (secondary N) is 1. The number of carboxylic acids is 2. The Labute approximate surface area is 86.2 Å². The summed E-state index contributed by atoms with van der Waals surface area (Å²) in [5.41, 5.74) is 0. The Kier molecular flexibility index (Phi) is 3.43. The van der Waals surface area contributed by atoms with Gasteiger partial charge in [-0.15, -0.1) is 0 Å². The van der Waals surface area contributed by atoms with Crippen molar-refractivity contribution in [3.05, 3.63) is 18.7 Å². The number of nitrogens with zero attached hydrogens (tertiary/aromatic N) is 1. The summed E-state index contributed by atoms with van der Waals surface area (Å²) in [6.45, 7) is 1.49. The van der Waals surface area contributed by atoms with Crippen molar-refractivity contribution in [2.24, 2.45) is 5.92 Å². The zero-order valence-corrected chi connectivity index (χ0v) is 8.25. The molecule has 0 spiro atoms. The van der Waals surface area contributed by atoms with Gasteiger partial charge in [0.05, 0.1) is 5.92 Å². The highest BCUT2D eigenvalue weighted by atomic mass is 16.4. The smallest absolute Gasteiger partial charge is 0.349 e. The molecule has 0 aliphatic heterocycles. The molecule has 0 aromatic carbocycles. The number of hydrogen-bond donors (Lipinski definition) is 3. The van der Waals surface area contributed by atoms with Gasteiger partial charge in [-0.05, 0) is 0 Å². The first-order valence-corrected chi connectivity index (χ1v) is 4.51. The summed E-state index contributed by atoms with van der Waals surface area (Å²) >= 11 is 0. The lowest BCUT2D eigenvalue weighted by Crippen LogP contribution is -2.43. The molecule has 1 aromatic heterocycles. The summed E-state index contributed by atoms with van der Waals surface area (Å²) < 4.78 is 1.45. The zero-order chi connectivity index (χ0) is 11.4. The molecular weight excluding hydrogens is 200 g/mol. The first-order chi connectivity index (χ1) is 7.02. The number of carboxylic acid groups (broad SMARTS) is 2. The Hall–Kier alpha value is -1.85. The van der Waals surface area contributed by atoms with Gasteiger partial charge in [0.1, 0.15) is 12.4 Å². The van der Waals surface area contributed by atoms with Crippen molar-refractivity contribution in [1.29, 1.82) is 0 Å². The number of rotatable bonds is 5. The van der Waals surface area contributed by atoms with Crippen LogP contribution in [0.2, 0.25) is 0 Å². The molecule has 0 saturated carbocycles. The summed E-state index contributed by atoms with van der Waals surface area (Å²) in [4.78, 5) is 24.3. The summed E-state index contributed by atoms with van der Waals surface area (Å²) in [6, 6.07) is -0.845.